The van der Waals surface area contributed by atoms with Crippen LogP contribution in [0.2, 0.25) is 0 Å². The topological polar surface area (TPSA) is 73.1 Å². The van der Waals surface area contributed by atoms with E-state index in [2.05, 4.69) is 15.5 Å². The van der Waals surface area contributed by atoms with Crippen LogP contribution < -0.4 is 4.74 Å². The normalized spacial score (nSPS) is 10.5. The summed E-state index contributed by atoms with van der Waals surface area (Å²) in [4.78, 5) is 0. The van der Waals surface area contributed by atoms with Gasteiger partial charge in [0.05, 0.1) is 7.11 Å². The van der Waals surface area contributed by atoms with Crippen molar-refractivity contribution in [2.75, 3.05) is 13.7 Å². The molecule has 0 amide bonds. The number of tetrazole rings is 1. The predicted octanol–water partition coefficient (Wildman–Crippen LogP) is 0.731. The van der Waals surface area contributed by atoms with Crippen LogP contribution in [0.25, 0.3) is 11.4 Å². The van der Waals surface area contributed by atoms with E-state index >= 15 is 0 Å². The Labute approximate surface area is 98.8 Å². The largest absolute Gasteiger partial charge is 0.497 e. The fraction of sp³-hybridized carbons (Fsp3) is 0.364. The number of nitrogens with zero attached hydrogens (tertiary/aromatic N) is 4. The van der Waals surface area contributed by atoms with Gasteiger partial charge in [0.25, 0.3) is 0 Å². The second kappa shape index (κ2) is 5.40. The maximum atomic E-state index is 8.80. The van der Waals surface area contributed by atoms with Crippen LogP contribution in [0, 0.1) is 0 Å². The van der Waals surface area contributed by atoms with Crippen LogP contribution in [0.1, 0.15) is 6.42 Å². The lowest BCUT2D eigenvalue weighted by molar-refractivity contribution is 0.276. The number of aromatic nitrogens is 4. The summed E-state index contributed by atoms with van der Waals surface area (Å²) in [5.74, 6) is 1.49. The summed E-state index contributed by atoms with van der Waals surface area (Å²) >= 11 is 0. The minimum atomic E-state index is 0.127. The van der Waals surface area contributed by atoms with Crippen LogP contribution in [-0.4, -0.2) is 39.0 Å². The summed E-state index contributed by atoms with van der Waals surface area (Å²) in [6.07, 6.45) is 0.633. The van der Waals surface area contributed by atoms with Crippen molar-refractivity contribution in [3.63, 3.8) is 0 Å². The zero-order valence-corrected chi connectivity index (χ0v) is 9.58. The molecule has 0 bridgehead atoms. The predicted molar refractivity (Wildman–Crippen MR) is 61.5 cm³/mol. The molecule has 0 saturated carbocycles. The van der Waals surface area contributed by atoms with Crippen molar-refractivity contribution >= 4 is 0 Å². The zero-order chi connectivity index (χ0) is 12.1. The Morgan fingerprint density at radius 3 is 2.71 bits per heavy atom. The number of hydrogen-bond acceptors (Lipinski definition) is 5. The van der Waals surface area contributed by atoms with Crippen molar-refractivity contribution in [2.24, 2.45) is 0 Å². The minimum Gasteiger partial charge on any atom is -0.497 e. The molecule has 0 spiro atoms. The number of aliphatic hydroxyl groups is 1. The molecule has 2 aromatic rings. The van der Waals surface area contributed by atoms with Gasteiger partial charge in [-0.05, 0) is 41.1 Å². The van der Waals surface area contributed by atoms with Gasteiger partial charge < -0.3 is 9.84 Å². The fourth-order valence-electron chi connectivity index (χ4n) is 1.52. The summed E-state index contributed by atoms with van der Waals surface area (Å²) in [5, 5.41) is 20.3. The maximum absolute atomic E-state index is 8.80. The van der Waals surface area contributed by atoms with E-state index in [1.807, 2.05) is 24.3 Å². The SMILES string of the molecule is COc1ccc(-c2nnnn2CCCO)cc1. The first-order valence-corrected chi connectivity index (χ1v) is 5.36. The van der Waals surface area contributed by atoms with E-state index in [9.17, 15) is 0 Å². The molecule has 6 nitrogen and oxygen atoms in total. The molecule has 2 rings (SSSR count). The molecule has 1 heterocycles. The molecular weight excluding hydrogens is 220 g/mol. The molecule has 0 unspecified atom stereocenters. The Morgan fingerprint density at radius 1 is 1.29 bits per heavy atom. The number of aryl methyl sites for hydroxylation is 1. The number of rotatable bonds is 5. The highest BCUT2D eigenvalue weighted by Crippen LogP contribution is 2.19. The van der Waals surface area contributed by atoms with E-state index in [1.165, 1.54) is 0 Å². The summed E-state index contributed by atoms with van der Waals surface area (Å²) in [5.41, 5.74) is 0.925. The molecule has 90 valence electrons. The molecule has 0 fully saturated rings. The Bertz CT molecular complexity index is 467. The number of benzene rings is 1. The Kier molecular flexibility index (Phi) is 3.66. The van der Waals surface area contributed by atoms with Gasteiger partial charge in [-0.3, -0.25) is 0 Å². The molecule has 0 aliphatic carbocycles. The number of ether oxygens (including phenoxy) is 1. The van der Waals surface area contributed by atoms with Gasteiger partial charge in [-0.25, -0.2) is 4.68 Å². The molecule has 0 aliphatic rings. The highest BCUT2D eigenvalue weighted by molar-refractivity contribution is 5.55. The third-order valence-electron chi connectivity index (χ3n) is 2.41. The first-order chi connectivity index (χ1) is 8.35. The first-order valence-electron chi connectivity index (χ1n) is 5.36. The number of aliphatic hydroxyl groups excluding tert-OH is 1. The van der Waals surface area contributed by atoms with Gasteiger partial charge in [0, 0.05) is 18.7 Å². The number of hydrogen-bond donors (Lipinski definition) is 1. The molecule has 0 radical (unpaired) electrons. The monoisotopic (exact) mass is 234 g/mol. The van der Waals surface area contributed by atoms with Crippen LogP contribution in [-0.2, 0) is 6.54 Å². The molecular formula is C11H14N4O2. The third kappa shape index (κ3) is 2.59. The van der Waals surface area contributed by atoms with Crippen molar-refractivity contribution in [3.8, 4) is 17.1 Å². The van der Waals surface area contributed by atoms with Crippen LogP contribution in [0.3, 0.4) is 0 Å². The second-order valence-electron chi connectivity index (χ2n) is 3.53. The second-order valence-corrected chi connectivity index (χ2v) is 3.53. The van der Waals surface area contributed by atoms with Gasteiger partial charge in [-0.1, -0.05) is 0 Å². The van der Waals surface area contributed by atoms with Crippen LogP contribution in [0.4, 0.5) is 0 Å². The van der Waals surface area contributed by atoms with Gasteiger partial charge in [-0.15, -0.1) is 5.10 Å². The van der Waals surface area contributed by atoms with Gasteiger partial charge in [-0.2, -0.15) is 0 Å². The van der Waals surface area contributed by atoms with Crippen LogP contribution >= 0.6 is 0 Å². The van der Waals surface area contributed by atoms with E-state index in [1.54, 1.807) is 11.8 Å². The Morgan fingerprint density at radius 2 is 2.06 bits per heavy atom. The average Bonchev–Trinajstić information content (AvgIpc) is 2.84. The molecule has 1 aromatic carbocycles. The molecule has 17 heavy (non-hydrogen) atoms. The molecule has 0 saturated heterocycles. The van der Waals surface area contributed by atoms with Crippen molar-refractivity contribution in [2.45, 2.75) is 13.0 Å². The van der Waals surface area contributed by atoms with Gasteiger partial charge >= 0.3 is 0 Å². The third-order valence-corrected chi connectivity index (χ3v) is 2.41. The highest BCUT2D eigenvalue weighted by atomic mass is 16.5. The Hall–Kier alpha value is -1.95. The highest BCUT2D eigenvalue weighted by Gasteiger charge is 2.08. The molecule has 0 atom stereocenters. The quantitative estimate of drug-likeness (QED) is 0.825. The summed E-state index contributed by atoms with van der Waals surface area (Å²) in [6, 6.07) is 7.53. The minimum absolute atomic E-state index is 0.127. The maximum Gasteiger partial charge on any atom is 0.182 e. The van der Waals surface area contributed by atoms with E-state index in [0.29, 0.717) is 18.8 Å². The van der Waals surface area contributed by atoms with Gasteiger partial charge in [0.2, 0.25) is 0 Å². The summed E-state index contributed by atoms with van der Waals surface area (Å²) in [6.45, 7) is 0.729. The van der Waals surface area contributed by atoms with Gasteiger partial charge in [0.15, 0.2) is 5.82 Å². The van der Waals surface area contributed by atoms with E-state index < -0.39 is 0 Å². The molecule has 6 heteroatoms. The lowest BCUT2D eigenvalue weighted by Gasteiger charge is -2.04. The smallest absolute Gasteiger partial charge is 0.182 e. The van der Waals surface area contributed by atoms with Crippen molar-refractivity contribution in [3.05, 3.63) is 24.3 Å². The lowest BCUT2D eigenvalue weighted by atomic mass is 10.2. The summed E-state index contributed by atoms with van der Waals surface area (Å²) < 4.78 is 6.77. The average molecular weight is 234 g/mol. The van der Waals surface area contributed by atoms with Crippen LogP contribution in [0.5, 0.6) is 5.75 Å². The molecule has 1 N–H and O–H groups in total. The molecule has 1 aromatic heterocycles. The van der Waals surface area contributed by atoms with Crippen LogP contribution in [0.15, 0.2) is 24.3 Å². The number of methoxy groups -OCH3 is 1. The van der Waals surface area contributed by atoms with E-state index in [-0.39, 0.29) is 6.61 Å². The summed E-state index contributed by atoms with van der Waals surface area (Å²) in [7, 11) is 1.63. The Balaban J connectivity index is 2.23. The first kappa shape index (κ1) is 11.5. The zero-order valence-electron chi connectivity index (χ0n) is 9.58. The van der Waals surface area contributed by atoms with Crippen molar-refractivity contribution in [1.82, 2.24) is 20.2 Å². The van der Waals surface area contributed by atoms with Crippen molar-refractivity contribution in [1.29, 1.82) is 0 Å². The van der Waals surface area contributed by atoms with E-state index in [4.69, 9.17) is 9.84 Å². The van der Waals surface area contributed by atoms with Gasteiger partial charge in [0.1, 0.15) is 5.75 Å². The standard InChI is InChI=1S/C11H14N4O2/c1-17-10-5-3-9(4-6-10)11-12-13-14-15(11)7-2-8-16/h3-6,16H,2,7-8H2,1H3. The molecule has 0 aliphatic heterocycles. The van der Waals surface area contributed by atoms with E-state index in [0.717, 1.165) is 11.3 Å². The lowest BCUT2D eigenvalue weighted by Crippen LogP contribution is -2.04. The van der Waals surface area contributed by atoms with Crippen molar-refractivity contribution < 1.29 is 9.84 Å². The fourth-order valence-corrected chi connectivity index (χ4v) is 1.52.